The number of hydrogen-bond donors (Lipinski definition) is 1. The zero-order valence-corrected chi connectivity index (χ0v) is 12.6. The first-order valence-corrected chi connectivity index (χ1v) is 7.74. The molecule has 0 atom stereocenters. The molecule has 5 heteroatoms. The van der Waals surface area contributed by atoms with Crippen LogP contribution in [0.4, 0.5) is 5.00 Å². The fraction of sp³-hybridized carbons (Fsp3) is 0.467. The summed E-state index contributed by atoms with van der Waals surface area (Å²) < 4.78 is 5.13. The molecule has 0 bridgehead atoms. The maximum Gasteiger partial charge on any atom is 0.341 e. The lowest BCUT2D eigenvalue weighted by atomic mass is 9.95. The highest BCUT2D eigenvalue weighted by Crippen LogP contribution is 2.38. The second-order valence-electron chi connectivity index (χ2n) is 4.62. The normalized spacial score (nSPS) is 14.1. The molecule has 108 valence electrons. The molecule has 0 aromatic carbocycles. The number of hydrogen-bond acceptors (Lipinski definition) is 4. The minimum atomic E-state index is -0.331. The monoisotopic (exact) mass is 293 g/mol. The van der Waals surface area contributed by atoms with Gasteiger partial charge in [0.2, 0.25) is 5.91 Å². The standard InChI is InChI=1S/C15H19NO3S/c1-3-7-12(17)16-14-13(15(18)19-4-2)10-8-5-6-9-11(10)20-14/h3,7H,4-6,8-9H2,1-2H3,(H,16,17). The van der Waals surface area contributed by atoms with Gasteiger partial charge in [0.1, 0.15) is 5.00 Å². The molecule has 1 N–H and O–H groups in total. The third-order valence-electron chi connectivity index (χ3n) is 3.21. The lowest BCUT2D eigenvalue weighted by Crippen LogP contribution is -2.14. The van der Waals surface area contributed by atoms with E-state index in [1.165, 1.54) is 22.3 Å². The number of allylic oxidation sites excluding steroid dienone is 1. The van der Waals surface area contributed by atoms with E-state index in [1.54, 1.807) is 19.9 Å². The van der Waals surface area contributed by atoms with Gasteiger partial charge in [0, 0.05) is 4.88 Å². The Balaban J connectivity index is 2.36. The summed E-state index contributed by atoms with van der Waals surface area (Å²) in [6.45, 7) is 3.91. The molecule has 0 saturated carbocycles. The Morgan fingerprint density at radius 3 is 2.80 bits per heavy atom. The predicted octanol–water partition coefficient (Wildman–Crippen LogP) is 3.32. The summed E-state index contributed by atoms with van der Waals surface area (Å²) in [5, 5.41) is 3.42. The Kier molecular flexibility index (Phi) is 4.95. The van der Waals surface area contributed by atoms with Crippen LogP contribution in [0.15, 0.2) is 12.2 Å². The van der Waals surface area contributed by atoms with Crippen molar-refractivity contribution in [2.45, 2.75) is 39.5 Å². The molecule has 0 aliphatic heterocycles. The number of esters is 1. The van der Waals surface area contributed by atoms with Crippen molar-refractivity contribution in [1.29, 1.82) is 0 Å². The molecule has 20 heavy (non-hydrogen) atoms. The summed E-state index contributed by atoms with van der Waals surface area (Å²) in [5.74, 6) is -0.542. The average molecular weight is 293 g/mol. The minimum absolute atomic E-state index is 0.211. The zero-order valence-electron chi connectivity index (χ0n) is 11.8. The Labute approximate surface area is 122 Å². The van der Waals surface area contributed by atoms with Gasteiger partial charge in [-0.05, 0) is 51.2 Å². The van der Waals surface area contributed by atoms with Gasteiger partial charge in [-0.2, -0.15) is 0 Å². The van der Waals surface area contributed by atoms with Gasteiger partial charge in [-0.25, -0.2) is 4.79 Å². The zero-order chi connectivity index (χ0) is 14.5. The number of fused-ring (bicyclic) bond motifs is 1. The molecule has 4 nitrogen and oxygen atoms in total. The van der Waals surface area contributed by atoms with Crippen molar-refractivity contribution < 1.29 is 14.3 Å². The number of anilines is 1. The van der Waals surface area contributed by atoms with E-state index < -0.39 is 0 Å². The van der Waals surface area contributed by atoms with Crippen LogP contribution in [0.5, 0.6) is 0 Å². The van der Waals surface area contributed by atoms with Crippen molar-refractivity contribution in [3.8, 4) is 0 Å². The summed E-state index contributed by atoms with van der Waals surface area (Å²) in [7, 11) is 0. The van der Waals surface area contributed by atoms with Gasteiger partial charge in [0.05, 0.1) is 12.2 Å². The van der Waals surface area contributed by atoms with E-state index in [-0.39, 0.29) is 11.9 Å². The Morgan fingerprint density at radius 2 is 2.10 bits per heavy atom. The van der Waals surface area contributed by atoms with Gasteiger partial charge in [0.15, 0.2) is 0 Å². The van der Waals surface area contributed by atoms with E-state index in [0.29, 0.717) is 17.2 Å². The number of amides is 1. The van der Waals surface area contributed by atoms with Gasteiger partial charge in [0.25, 0.3) is 0 Å². The highest BCUT2D eigenvalue weighted by Gasteiger charge is 2.26. The van der Waals surface area contributed by atoms with Gasteiger partial charge in [-0.15, -0.1) is 11.3 Å². The minimum Gasteiger partial charge on any atom is -0.462 e. The maximum absolute atomic E-state index is 12.2. The highest BCUT2D eigenvalue weighted by molar-refractivity contribution is 7.17. The molecule has 1 amide bonds. The van der Waals surface area contributed by atoms with Crippen LogP contribution in [-0.2, 0) is 22.4 Å². The molecule has 0 spiro atoms. The van der Waals surface area contributed by atoms with Crippen LogP contribution < -0.4 is 5.32 Å². The first-order valence-electron chi connectivity index (χ1n) is 6.92. The van der Waals surface area contributed by atoms with Crippen LogP contribution in [0.25, 0.3) is 0 Å². The first-order chi connectivity index (χ1) is 9.67. The number of aryl methyl sites for hydroxylation is 1. The topological polar surface area (TPSA) is 55.4 Å². The van der Waals surface area contributed by atoms with Crippen molar-refractivity contribution in [2.24, 2.45) is 0 Å². The van der Waals surface area contributed by atoms with E-state index >= 15 is 0 Å². The molecular formula is C15H19NO3S. The number of nitrogens with one attached hydrogen (secondary N) is 1. The lowest BCUT2D eigenvalue weighted by Gasteiger charge is -2.12. The Hall–Kier alpha value is -1.62. The number of thiophene rings is 1. The van der Waals surface area contributed by atoms with Crippen molar-refractivity contribution in [3.05, 3.63) is 28.2 Å². The third kappa shape index (κ3) is 3.10. The Bertz CT molecular complexity index is 546. The van der Waals surface area contributed by atoms with Crippen LogP contribution >= 0.6 is 11.3 Å². The Morgan fingerprint density at radius 1 is 1.35 bits per heavy atom. The second-order valence-corrected chi connectivity index (χ2v) is 5.73. The molecule has 1 aromatic heterocycles. The van der Waals surface area contributed by atoms with Crippen LogP contribution in [0.3, 0.4) is 0 Å². The quantitative estimate of drug-likeness (QED) is 0.684. The van der Waals surface area contributed by atoms with Crippen molar-refractivity contribution >= 4 is 28.2 Å². The van der Waals surface area contributed by atoms with Crippen molar-refractivity contribution in [1.82, 2.24) is 0 Å². The summed E-state index contributed by atoms with van der Waals surface area (Å²) >= 11 is 1.50. The predicted molar refractivity (Wildman–Crippen MR) is 80.4 cm³/mol. The van der Waals surface area contributed by atoms with Crippen molar-refractivity contribution in [3.63, 3.8) is 0 Å². The molecule has 1 aliphatic carbocycles. The smallest absolute Gasteiger partial charge is 0.341 e. The van der Waals surface area contributed by atoms with Crippen LogP contribution in [0.1, 0.15) is 47.5 Å². The first kappa shape index (κ1) is 14.8. The summed E-state index contributed by atoms with van der Waals surface area (Å²) in [5.41, 5.74) is 1.62. The van der Waals surface area contributed by atoms with Gasteiger partial charge in [-0.3, -0.25) is 4.79 Å². The molecule has 0 fully saturated rings. The average Bonchev–Trinajstić information content (AvgIpc) is 2.76. The van der Waals surface area contributed by atoms with Crippen LogP contribution in [0, 0.1) is 0 Å². The van der Waals surface area contributed by atoms with Gasteiger partial charge < -0.3 is 10.1 Å². The molecule has 0 unspecified atom stereocenters. The molecule has 1 aliphatic rings. The summed E-state index contributed by atoms with van der Waals surface area (Å²) in [6.07, 6.45) is 7.21. The number of ether oxygens (including phenoxy) is 1. The molecular weight excluding hydrogens is 274 g/mol. The van der Waals surface area contributed by atoms with Gasteiger partial charge >= 0.3 is 5.97 Å². The maximum atomic E-state index is 12.2. The summed E-state index contributed by atoms with van der Waals surface area (Å²) in [6, 6.07) is 0. The molecule has 0 radical (unpaired) electrons. The number of carbonyl (C=O) groups is 2. The highest BCUT2D eigenvalue weighted by atomic mass is 32.1. The largest absolute Gasteiger partial charge is 0.462 e. The molecule has 1 aromatic rings. The van der Waals surface area contributed by atoms with Gasteiger partial charge in [-0.1, -0.05) is 6.08 Å². The van der Waals surface area contributed by atoms with E-state index in [1.807, 2.05) is 0 Å². The number of rotatable bonds is 4. The van der Waals surface area contributed by atoms with E-state index in [2.05, 4.69) is 5.32 Å². The van der Waals surface area contributed by atoms with E-state index in [4.69, 9.17) is 4.74 Å². The summed E-state index contributed by atoms with van der Waals surface area (Å²) in [4.78, 5) is 25.1. The fourth-order valence-electron chi connectivity index (χ4n) is 2.38. The fourth-order valence-corrected chi connectivity index (χ4v) is 3.66. The number of carbonyl (C=O) groups excluding carboxylic acids is 2. The third-order valence-corrected chi connectivity index (χ3v) is 4.41. The molecule has 0 saturated heterocycles. The molecule has 2 rings (SSSR count). The van der Waals surface area contributed by atoms with E-state index in [0.717, 1.165) is 31.2 Å². The van der Waals surface area contributed by atoms with Crippen molar-refractivity contribution in [2.75, 3.05) is 11.9 Å². The van der Waals surface area contributed by atoms with Crippen LogP contribution in [-0.4, -0.2) is 18.5 Å². The van der Waals surface area contributed by atoms with Crippen LogP contribution in [0.2, 0.25) is 0 Å². The second kappa shape index (κ2) is 6.70. The SMILES string of the molecule is CC=CC(=O)Nc1sc2c(c1C(=O)OCC)CCCC2. The molecule has 1 heterocycles. The lowest BCUT2D eigenvalue weighted by molar-refractivity contribution is -0.111. The van der Waals surface area contributed by atoms with E-state index in [9.17, 15) is 9.59 Å².